The molecule has 3 aliphatic carbocycles. The lowest BCUT2D eigenvalue weighted by Gasteiger charge is -2.43. The van der Waals surface area contributed by atoms with E-state index in [0.717, 1.165) is 15.6 Å². The molecule has 0 radical (unpaired) electrons. The van der Waals surface area contributed by atoms with E-state index in [1.807, 2.05) is 30.3 Å². The molecule has 2 bridgehead atoms. The first-order chi connectivity index (χ1) is 12.1. The Morgan fingerprint density at radius 2 is 1.60 bits per heavy atom. The lowest BCUT2D eigenvalue weighted by molar-refractivity contribution is -0.134. The van der Waals surface area contributed by atoms with Crippen molar-refractivity contribution >= 4 is 39.2 Å². The Bertz CT molecular complexity index is 953. The van der Waals surface area contributed by atoms with Crippen LogP contribution in [0.5, 0.6) is 0 Å². The Labute approximate surface area is 153 Å². The molecule has 0 spiro atoms. The van der Waals surface area contributed by atoms with E-state index >= 15 is 0 Å². The van der Waals surface area contributed by atoms with E-state index in [-0.39, 0.29) is 23.5 Å². The van der Waals surface area contributed by atoms with Crippen LogP contribution in [0.3, 0.4) is 0 Å². The van der Waals surface area contributed by atoms with Crippen LogP contribution in [0.1, 0.15) is 29.4 Å². The molecule has 0 aromatic heterocycles. The van der Waals surface area contributed by atoms with Crippen molar-refractivity contribution in [3.05, 3.63) is 64.1 Å². The molecule has 1 saturated carbocycles. The number of amides is 2. The average Bonchev–Trinajstić information content (AvgIpc) is 2.87. The van der Waals surface area contributed by atoms with Crippen molar-refractivity contribution in [1.82, 2.24) is 0 Å². The van der Waals surface area contributed by atoms with Crippen LogP contribution in [0.15, 0.2) is 53.0 Å². The van der Waals surface area contributed by atoms with Gasteiger partial charge in [-0.2, -0.15) is 0 Å². The van der Waals surface area contributed by atoms with Crippen LogP contribution in [0.25, 0.3) is 0 Å². The number of hydrogen-bond acceptors (Lipinski definition) is 3. The highest BCUT2D eigenvalue weighted by Crippen LogP contribution is 2.57. The van der Waals surface area contributed by atoms with Gasteiger partial charge in [0.1, 0.15) is 5.78 Å². The molecule has 0 unspecified atom stereocenters. The van der Waals surface area contributed by atoms with Crippen molar-refractivity contribution in [2.45, 2.75) is 18.3 Å². The topological polar surface area (TPSA) is 54.5 Å². The average molecular weight is 396 g/mol. The summed E-state index contributed by atoms with van der Waals surface area (Å²) in [5.74, 6) is -2.00. The monoisotopic (exact) mass is 395 g/mol. The van der Waals surface area contributed by atoms with Crippen molar-refractivity contribution in [2.75, 3.05) is 4.90 Å². The largest absolute Gasteiger partial charge is 0.299 e. The fraction of sp³-hybridized carbons (Fsp3) is 0.250. The summed E-state index contributed by atoms with van der Waals surface area (Å²) < 4.78 is 0.808. The summed E-state index contributed by atoms with van der Waals surface area (Å²) in [5, 5.41) is 0. The van der Waals surface area contributed by atoms with Gasteiger partial charge in [0.25, 0.3) is 0 Å². The predicted molar refractivity (Wildman–Crippen MR) is 95.2 cm³/mol. The summed E-state index contributed by atoms with van der Waals surface area (Å²) in [6, 6.07) is 14.9. The Kier molecular flexibility index (Phi) is 3.07. The predicted octanol–water partition coefficient (Wildman–Crippen LogP) is 3.41. The number of nitrogens with zero attached hydrogens (tertiary/aromatic N) is 1. The van der Waals surface area contributed by atoms with E-state index in [0.29, 0.717) is 12.1 Å². The molecule has 4 aliphatic rings. The molecule has 4 nitrogen and oxygen atoms in total. The molecule has 1 saturated heterocycles. The summed E-state index contributed by atoms with van der Waals surface area (Å²) in [6.07, 6.45) is 0.355. The van der Waals surface area contributed by atoms with E-state index in [4.69, 9.17) is 0 Å². The van der Waals surface area contributed by atoms with Gasteiger partial charge in [-0.1, -0.05) is 46.3 Å². The van der Waals surface area contributed by atoms with Crippen molar-refractivity contribution in [2.24, 2.45) is 11.8 Å². The second-order valence-corrected chi connectivity index (χ2v) is 7.84. The maximum absolute atomic E-state index is 13.1. The number of carbonyl (C=O) groups is 3. The van der Waals surface area contributed by atoms with Crippen molar-refractivity contribution in [3.63, 3.8) is 0 Å². The first-order valence-corrected chi connectivity index (χ1v) is 9.12. The van der Waals surface area contributed by atoms with Crippen LogP contribution in [-0.2, 0) is 14.4 Å². The third-order valence-electron chi connectivity index (χ3n) is 5.76. The zero-order chi connectivity index (χ0) is 17.3. The number of ketones is 1. The van der Waals surface area contributed by atoms with Gasteiger partial charge >= 0.3 is 0 Å². The number of carbonyl (C=O) groups excluding carboxylic acids is 3. The van der Waals surface area contributed by atoms with Crippen LogP contribution in [0, 0.1) is 11.8 Å². The number of imide groups is 1. The maximum Gasteiger partial charge on any atom is 0.238 e. The SMILES string of the molecule is O=C1C[C@H]2c3ccccc3[C@H]1[C@H]1C(=O)N(c3cccc(Br)c3)C(=O)[C@H]12. The molecule has 25 heavy (non-hydrogen) atoms. The standard InChI is InChI=1S/C20H14BrNO3/c21-10-4-3-5-11(8-10)22-19(24)17-14-9-15(23)16(18(17)20(22)25)13-7-2-1-6-12(13)14/h1-8,14,16-18H,9H2/t14-,16+,17-,18+/m0/s1. The van der Waals surface area contributed by atoms with Gasteiger partial charge in [-0.15, -0.1) is 0 Å². The van der Waals surface area contributed by atoms with Gasteiger partial charge in [-0.25, -0.2) is 4.90 Å². The van der Waals surface area contributed by atoms with Crippen molar-refractivity contribution in [3.8, 4) is 0 Å². The minimum absolute atomic E-state index is 0.0854. The van der Waals surface area contributed by atoms with Crippen molar-refractivity contribution < 1.29 is 14.4 Å². The molecular formula is C20H14BrNO3. The minimum atomic E-state index is -0.562. The molecule has 1 aliphatic heterocycles. The zero-order valence-electron chi connectivity index (χ0n) is 13.2. The maximum atomic E-state index is 13.1. The molecule has 2 amide bonds. The zero-order valence-corrected chi connectivity index (χ0v) is 14.8. The normalized spacial score (nSPS) is 29.8. The Morgan fingerprint density at radius 3 is 2.36 bits per heavy atom. The minimum Gasteiger partial charge on any atom is -0.299 e. The van der Waals surface area contributed by atoms with Crippen LogP contribution in [-0.4, -0.2) is 17.6 Å². The third kappa shape index (κ3) is 1.90. The molecule has 2 fully saturated rings. The molecule has 124 valence electrons. The molecule has 0 N–H and O–H groups in total. The lowest BCUT2D eigenvalue weighted by Crippen LogP contribution is -2.44. The molecular weight excluding hydrogens is 382 g/mol. The Balaban J connectivity index is 1.66. The fourth-order valence-corrected chi connectivity index (χ4v) is 5.22. The van der Waals surface area contributed by atoms with E-state index < -0.39 is 17.8 Å². The second kappa shape index (κ2) is 5.11. The summed E-state index contributed by atoms with van der Waals surface area (Å²) in [7, 11) is 0. The van der Waals surface area contributed by atoms with Crippen LogP contribution < -0.4 is 4.90 Å². The number of benzene rings is 2. The van der Waals surface area contributed by atoms with Crippen LogP contribution >= 0.6 is 15.9 Å². The number of halogens is 1. The third-order valence-corrected chi connectivity index (χ3v) is 6.25. The van der Waals surface area contributed by atoms with Gasteiger partial charge in [-0.3, -0.25) is 14.4 Å². The van der Waals surface area contributed by atoms with E-state index in [1.165, 1.54) is 4.90 Å². The first kappa shape index (κ1) is 15.0. The first-order valence-electron chi connectivity index (χ1n) is 8.33. The molecule has 2 aromatic rings. The Morgan fingerprint density at radius 1 is 0.880 bits per heavy atom. The quantitative estimate of drug-likeness (QED) is 0.695. The van der Waals surface area contributed by atoms with Gasteiger partial charge < -0.3 is 0 Å². The van der Waals surface area contributed by atoms with Gasteiger partial charge in [0, 0.05) is 16.8 Å². The van der Waals surface area contributed by atoms with Gasteiger partial charge in [0.2, 0.25) is 11.8 Å². The van der Waals surface area contributed by atoms with Gasteiger partial charge in [0.15, 0.2) is 0 Å². The van der Waals surface area contributed by atoms with Crippen molar-refractivity contribution in [1.29, 1.82) is 0 Å². The smallest absolute Gasteiger partial charge is 0.238 e. The highest BCUT2D eigenvalue weighted by Gasteiger charge is 2.62. The van der Waals surface area contributed by atoms with Crippen LogP contribution in [0.4, 0.5) is 5.69 Å². The number of rotatable bonds is 1. The highest BCUT2D eigenvalue weighted by atomic mass is 79.9. The van der Waals surface area contributed by atoms with Crippen LogP contribution in [0.2, 0.25) is 0 Å². The summed E-state index contributed by atoms with van der Waals surface area (Å²) in [6.45, 7) is 0. The van der Waals surface area contributed by atoms with E-state index in [9.17, 15) is 14.4 Å². The molecule has 5 heteroatoms. The Hall–Kier alpha value is -2.27. The fourth-order valence-electron chi connectivity index (χ4n) is 4.83. The van der Waals surface area contributed by atoms with Gasteiger partial charge in [0.05, 0.1) is 23.4 Å². The second-order valence-electron chi connectivity index (χ2n) is 6.93. The van der Waals surface area contributed by atoms with E-state index in [1.54, 1.807) is 18.2 Å². The number of anilines is 1. The summed E-state index contributed by atoms with van der Waals surface area (Å²) in [4.78, 5) is 40.2. The summed E-state index contributed by atoms with van der Waals surface area (Å²) in [5.41, 5.74) is 2.56. The van der Waals surface area contributed by atoms with E-state index in [2.05, 4.69) is 15.9 Å². The molecule has 6 rings (SSSR count). The highest BCUT2D eigenvalue weighted by molar-refractivity contribution is 9.10. The number of hydrogen-bond donors (Lipinski definition) is 0. The lowest BCUT2D eigenvalue weighted by atomic mass is 9.56. The molecule has 2 aromatic carbocycles. The summed E-state index contributed by atoms with van der Waals surface area (Å²) >= 11 is 3.39. The van der Waals surface area contributed by atoms with Gasteiger partial charge in [-0.05, 0) is 29.3 Å². The number of Topliss-reactive ketones (excluding diaryl/α,β-unsaturated/α-hetero) is 1. The number of fused-ring (bicyclic) bond motifs is 1. The molecule has 4 atom stereocenters. The molecule has 1 heterocycles.